The second-order valence-electron chi connectivity index (χ2n) is 5.08. The van der Waals surface area contributed by atoms with Crippen LogP contribution in [0.25, 0.3) is 0 Å². The molecule has 1 heterocycles. The van der Waals surface area contributed by atoms with Gasteiger partial charge in [-0.2, -0.15) is 0 Å². The van der Waals surface area contributed by atoms with E-state index in [1.807, 2.05) is 38.1 Å². The molecule has 20 heavy (non-hydrogen) atoms. The summed E-state index contributed by atoms with van der Waals surface area (Å²) in [5, 5.41) is 13.5. The van der Waals surface area contributed by atoms with Gasteiger partial charge in [0.15, 0.2) is 0 Å². The zero-order valence-electron chi connectivity index (χ0n) is 12.0. The van der Waals surface area contributed by atoms with Crippen molar-refractivity contribution in [2.24, 2.45) is 0 Å². The van der Waals surface area contributed by atoms with Crippen molar-refractivity contribution in [3.05, 3.63) is 35.4 Å². The second kappa shape index (κ2) is 7.11. The number of rotatable bonds is 5. The molecule has 0 unspecified atom stereocenters. The molecule has 0 saturated carbocycles. The highest BCUT2D eigenvalue weighted by atomic mass is 32.2. The SMILES string of the molecule is CCN(C[C@@H](O)c1ccc(C)cc1)C(=O)[C@@H]1CSCN1. The van der Waals surface area contributed by atoms with Gasteiger partial charge in [0.25, 0.3) is 0 Å². The van der Waals surface area contributed by atoms with Crippen molar-refractivity contribution in [2.75, 3.05) is 24.7 Å². The van der Waals surface area contributed by atoms with Gasteiger partial charge in [-0.15, -0.1) is 11.8 Å². The van der Waals surface area contributed by atoms with Crippen molar-refractivity contribution < 1.29 is 9.90 Å². The molecule has 1 amide bonds. The Labute approximate surface area is 124 Å². The molecule has 0 aromatic heterocycles. The number of nitrogens with zero attached hydrogens (tertiary/aromatic N) is 1. The predicted octanol–water partition coefficient (Wildman–Crippen LogP) is 1.54. The van der Waals surface area contributed by atoms with E-state index in [0.29, 0.717) is 13.1 Å². The Morgan fingerprint density at radius 3 is 2.75 bits per heavy atom. The summed E-state index contributed by atoms with van der Waals surface area (Å²) in [5.74, 6) is 1.73. The van der Waals surface area contributed by atoms with Crippen LogP contribution >= 0.6 is 11.8 Å². The smallest absolute Gasteiger partial charge is 0.240 e. The van der Waals surface area contributed by atoms with E-state index in [2.05, 4.69) is 5.32 Å². The lowest BCUT2D eigenvalue weighted by molar-refractivity contribution is -0.133. The third-order valence-electron chi connectivity index (χ3n) is 3.56. The number of nitrogens with one attached hydrogen (secondary N) is 1. The van der Waals surface area contributed by atoms with Crippen LogP contribution in [0, 0.1) is 6.92 Å². The summed E-state index contributed by atoms with van der Waals surface area (Å²) >= 11 is 1.73. The van der Waals surface area contributed by atoms with Crippen LogP contribution in [0.3, 0.4) is 0 Å². The Hall–Kier alpha value is -1.04. The number of likely N-dealkylation sites (N-methyl/N-ethyl adjacent to an activating group) is 1. The van der Waals surface area contributed by atoms with E-state index in [9.17, 15) is 9.90 Å². The van der Waals surface area contributed by atoms with Gasteiger partial charge in [-0.25, -0.2) is 0 Å². The zero-order valence-corrected chi connectivity index (χ0v) is 12.8. The first-order valence-electron chi connectivity index (χ1n) is 6.96. The number of carbonyl (C=O) groups excluding carboxylic acids is 1. The largest absolute Gasteiger partial charge is 0.387 e. The quantitative estimate of drug-likeness (QED) is 0.865. The van der Waals surface area contributed by atoms with Gasteiger partial charge in [0.05, 0.1) is 18.7 Å². The number of thioether (sulfide) groups is 1. The van der Waals surface area contributed by atoms with Gasteiger partial charge in [0.2, 0.25) is 5.91 Å². The number of hydrogen-bond acceptors (Lipinski definition) is 4. The van der Waals surface area contributed by atoms with Crippen molar-refractivity contribution in [3.63, 3.8) is 0 Å². The fourth-order valence-electron chi connectivity index (χ4n) is 2.25. The summed E-state index contributed by atoms with van der Waals surface area (Å²) in [6, 6.07) is 7.69. The monoisotopic (exact) mass is 294 g/mol. The maximum Gasteiger partial charge on any atom is 0.240 e. The molecular weight excluding hydrogens is 272 g/mol. The Morgan fingerprint density at radius 2 is 2.20 bits per heavy atom. The number of hydrogen-bond donors (Lipinski definition) is 2. The van der Waals surface area contributed by atoms with Gasteiger partial charge in [-0.3, -0.25) is 10.1 Å². The molecule has 1 saturated heterocycles. The first-order valence-corrected chi connectivity index (χ1v) is 8.11. The summed E-state index contributed by atoms with van der Waals surface area (Å²) in [6.07, 6.45) is -0.631. The minimum absolute atomic E-state index is 0.0867. The van der Waals surface area contributed by atoms with Crippen LogP contribution in [-0.2, 0) is 4.79 Å². The molecule has 0 aliphatic carbocycles. The van der Waals surface area contributed by atoms with Crippen molar-refractivity contribution >= 4 is 17.7 Å². The average molecular weight is 294 g/mol. The fourth-order valence-corrected chi connectivity index (χ4v) is 3.18. The molecule has 2 rings (SSSR count). The summed E-state index contributed by atoms with van der Waals surface area (Å²) < 4.78 is 0. The maximum absolute atomic E-state index is 12.3. The van der Waals surface area contributed by atoms with Gasteiger partial charge in [0, 0.05) is 18.2 Å². The molecule has 1 fully saturated rings. The van der Waals surface area contributed by atoms with Crippen molar-refractivity contribution in [3.8, 4) is 0 Å². The van der Waals surface area contributed by atoms with Gasteiger partial charge < -0.3 is 10.0 Å². The minimum Gasteiger partial charge on any atom is -0.387 e. The highest BCUT2D eigenvalue weighted by molar-refractivity contribution is 7.99. The normalized spacial score (nSPS) is 19.9. The van der Waals surface area contributed by atoms with Gasteiger partial charge >= 0.3 is 0 Å². The van der Waals surface area contributed by atoms with Crippen LogP contribution in [0.1, 0.15) is 24.2 Å². The van der Waals surface area contributed by atoms with Crippen LogP contribution in [0.15, 0.2) is 24.3 Å². The summed E-state index contributed by atoms with van der Waals surface area (Å²) in [6.45, 7) is 4.93. The zero-order chi connectivity index (χ0) is 14.5. The Bertz CT molecular complexity index is 444. The average Bonchev–Trinajstić information content (AvgIpc) is 2.98. The van der Waals surface area contributed by atoms with Crippen molar-refractivity contribution in [2.45, 2.75) is 26.0 Å². The van der Waals surface area contributed by atoms with E-state index in [1.165, 1.54) is 0 Å². The molecule has 5 heteroatoms. The summed E-state index contributed by atoms with van der Waals surface area (Å²) in [4.78, 5) is 14.1. The van der Waals surface area contributed by atoms with E-state index in [1.54, 1.807) is 16.7 Å². The molecule has 0 spiro atoms. The minimum atomic E-state index is -0.631. The van der Waals surface area contributed by atoms with Crippen LogP contribution in [0.5, 0.6) is 0 Å². The molecule has 1 aliphatic rings. The number of benzene rings is 1. The lowest BCUT2D eigenvalue weighted by atomic mass is 10.1. The molecule has 0 bridgehead atoms. The van der Waals surface area contributed by atoms with Crippen LogP contribution in [0.4, 0.5) is 0 Å². The standard InChI is InChI=1S/C15H22N2O2S/c1-3-17(15(19)13-9-20-10-16-13)8-14(18)12-6-4-11(2)5-7-12/h4-7,13-14,16,18H,3,8-10H2,1-2H3/t13-,14+/m0/s1. The predicted molar refractivity (Wildman–Crippen MR) is 82.6 cm³/mol. The molecule has 2 atom stereocenters. The van der Waals surface area contributed by atoms with E-state index in [4.69, 9.17) is 0 Å². The fraction of sp³-hybridized carbons (Fsp3) is 0.533. The molecule has 1 aromatic rings. The summed E-state index contributed by atoms with van der Waals surface area (Å²) in [5.41, 5.74) is 2.02. The van der Waals surface area contributed by atoms with E-state index in [-0.39, 0.29) is 11.9 Å². The van der Waals surface area contributed by atoms with Crippen LogP contribution < -0.4 is 5.32 Å². The van der Waals surface area contributed by atoms with Crippen LogP contribution in [-0.4, -0.2) is 46.7 Å². The lowest BCUT2D eigenvalue weighted by Gasteiger charge is -2.26. The number of amides is 1. The van der Waals surface area contributed by atoms with Crippen LogP contribution in [0.2, 0.25) is 0 Å². The van der Waals surface area contributed by atoms with Crippen molar-refractivity contribution in [1.29, 1.82) is 0 Å². The number of aliphatic hydroxyl groups is 1. The number of aliphatic hydroxyl groups excluding tert-OH is 1. The third kappa shape index (κ3) is 3.75. The number of carbonyl (C=O) groups is 1. The molecular formula is C15H22N2O2S. The molecule has 1 aliphatic heterocycles. The Kier molecular flexibility index (Phi) is 5.46. The van der Waals surface area contributed by atoms with E-state index >= 15 is 0 Å². The van der Waals surface area contributed by atoms with E-state index in [0.717, 1.165) is 22.8 Å². The first-order chi connectivity index (χ1) is 9.61. The summed E-state index contributed by atoms with van der Waals surface area (Å²) in [7, 11) is 0. The second-order valence-corrected chi connectivity index (χ2v) is 6.11. The molecule has 1 aromatic carbocycles. The molecule has 0 radical (unpaired) electrons. The van der Waals surface area contributed by atoms with Gasteiger partial charge in [0.1, 0.15) is 0 Å². The number of aryl methyl sites for hydroxylation is 1. The first kappa shape index (κ1) is 15.4. The van der Waals surface area contributed by atoms with Gasteiger partial charge in [-0.05, 0) is 19.4 Å². The Morgan fingerprint density at radius 1 is 1.50 bits per heavy atom. The van der Waals surface area contributed by atoms with Crippen molar-refractivity contribution in [1.82, 2.24) is 10.2 Å². The topological polar surface area (TPSA) is 52.6 Å². The highest BCUT2D eigenvalue weighted by Crippen LogP contribution is 2.17. The lowest BCUT2D eigenvalue weighted by Crippen LogP contribution is -2.46. The van der Waals surface area contributed by atoms with Gasteiger partial charge in [-0.1, -0.05) is 29.8 Å². The highest BCUT2D eigenvalue weighted by Gasteiger charge is 2.27. The maximum atomic E-state index is 12.3. The molecule has 110 valence electrons. The third-order valence-corrected chi connectivity index (χ3v) is 4.50. The Balaban J connectivity index is 1.98. The van der Waals surface area contributed by atoms with E-state index < -0.39 is 6.10 Å². The molecule has 2 N–H and O–H groups in total. The molecule has 4 nitrogen and oxygen atoms in total.